The van der Waals surface area contributed by atoms with E-state index in [1.54, 1.807) is 18.7 Å². The number of hydrogen-bond acceptors (Lipinski definition) is 4. The first kappa shape index (κ1) is 12.3. The van der Waals surface area contributed by atoms with E-state index in [0.717, 1.165) is 16.6 Å². The monoisotopic (exact) mass is 267 g/mol. The summed E-state index contributed by atoms with van der Waals surface area (Å²) in [5, 5.41) is 3.69. The number of hydrogen-bond donors (Lipinski definition) is 1. The number of aryl methyl sites for hydroxylation is 1. The number of benzene rings is 1. The fraction of sp³-hybridized carbons (Fsp3) is 0.143. The zero-order valence-corrected chi connectivity index (χ0v) is 10.9. The van der Waals surface area contributed by atoms with E-state index in [1.165, 1.54) is 0 Å². The lowest BCUT2D eigenvalue weighted by Crippen LogP contribution is -2.25. The molecule has 0 aliphatic carbocycles. The molecule has 2 heterocycles. The van der Waals surface area contributed by atoms with Crippen LogP contribution in [0.15, 0.2) is 43.0 Å². The molecule has 0 atom stereocenters. The summed E-state index contributed by atoms with van der Waals surface area (Å²) >= 11 is 0. The molecule has 0 unspecified atom stereocenters. The first-order valence-corrected chi connectivity index (χ1v) is 6.19. The van der Waals surface area contributed by atoms with Crippen molar-refractivity contribution in [3.05, 3.63) is 54.5 Å². The molecule has 6 nitrogen and oxygen atoms in total. The molecule has 100 valence electrons. The summed E-state index contributed by atoms with van der Waals surface area (Å²) in [6, 6.07) is 7.56. The molecule has 1 N–H and O–H groups in total. The molecule has 1 aromatic carbocycles. The van der Waals surface area contributed by atoms with E-state index in [0.29, 0.717) is 6.54 Å². The standard InChI is InChI=1S/C14H13N5O/c1-19-9-15-7-11(19)8-17-14(20)13-16-6-10-4-2-3-5-12(10)18-13/h2-7,9H,8H2,1H3,(H,17,20). The molecule has 6 heteroatoms. The Morgan fingerprint density at radius 2 is 2.15 bits per heavy atom. The van der Waals surface area contributed by atoms with Crippen LogP contribution in [0.3, 0.4) is 0 Å². The Balaban J connectivity index is 1.77. The topological polar surface area (TPSA) is 72.7 Å². The van der Waals surface area contributed by atoms with Crippen LogP contribution in [-0.2, 0) is 13.6 Å². The van der Waals surface area contributed by atoms with E-state index in [9.17, 15) is 4.79 Å². The molecule has 2 aromatic heterocycles. The predicted octanol–water partition coefficient (Wildman–Crippen LogP) is 1.29. The lowest BCUT2D eigenvalue weighted by Gasteiger charge is -2.05. The minimum absolute atomic E-state index is 0.172. The normalized spacial score (nSPS) is 10.7. The fourth-order valence-corrected chi connectivity index (χ4v) is 1.89. The van der Waals surface area contributed by atoms with Crippen molar-refractivity contribution in [1.82, 2.24) is 24.8 Å². The Hall–Kier alpha value is -2.76. The van der Waals surface area contributed by atoms with E-state index in [1.807, 2.05) is 35.9 Å². The smallest absolute Gasteiger partial charge is 0.289 e. The highest BCUT2D eigenvalue weighted by atomic mass is 16.2. The van der Waals surface area contributed by atoms with Crippen molar-refractivity contribution in [2.75, 3.05) is 0 Å². The summed E-state index contributed by atoms with van der Waals surface area (Å²) in [6.45, 7) is 0.394. The molecule has 0 saturated carbocycles. The summed E-state index contributed by atoms with van der Waals surface area (Å²) in [5.74, 6) is -0.122. The van der Waals surface area contributed by atoms with Crippen molar-refractivity contribution in [1.29, 1.82) is 0 Å². The van der Waals surface area contributed by atoms with Crippen molar-refractivity contribution in [2.24, 2.45) is 7.05 Å². The lowest BCUT2D eigenvalue weighted by molar-refractivity contribution is 0.0940. The van der Waals surface area contributed by atoms with Crippen molar-refractivity contribution >= 4 is 16.8 Å². The van der Waals surface area contributed by atoms with Gasteiger partial charge < -0.3 is 9.88 Å². The van der Waals surface area contributed by atoms with Crippen LogP contribution >= 0.6 is 0 Å². The van der Waals surface area contributed by atoms with E-state index in [-0.39, 0.29) is 11.7 Å². The molecule has 0 radical (unpaired) electrons. The van der Waals surface area contributed by atoms with Crippen molar-refractivity contribution in [3.8, 4) is 0 Å². The van der Waals surface area contributed by atoms with Gasteiger partial charge in [-0.05, 0) is 6.07 Å². The van der Waals surface area contributed by atoms with Gasteiger partial charge in [-0.2, -0.15) is 0 Å². The SMILES string of the molecule is Cn1cncc1CNC(=O)c1ncc2ccccc2n1. The van der Waals surface area contributed by atoms with Crippen LogP contribution in [-0.4, -0.2) is 25.4 Å². The van der Waals surface area contributed by atoms with Crippen LogP contribution < -0.4 is 5.32 Å². The Kier molecular flexibility index (Phi) is 3.12. The molecule has 1 amide bonds. The van der Waals surface area contributed by atoms with Crippen LogP contribution in [0.25, 0.3) is 10.9 Å². The van der Waals surface area contributed by atoms with Gasteiger partial charge in [0.2, 0.25) is 5.82 Å². The second-order valence-electron chi connectivity index (χ2n) is 4.43. The second-order valence-corrected chi connectivity index (χ2v) is 4.43. The third-order valence-electron chi connectivity index (χ3n) is 3.04. The number of fused-ring (bicyclic) bond motifs is 1. The van der Waals surface area contributed by atoms with Crippen LogP contribution in [0.1, 0.15) is 16.3 Å². The van der Waals surface area contributed by atoms with E-state index in [4.69, 9.17) is 0 Å². The first-order valence-electron chi connectivity index (χ1n) is 6.19. The molecule has 3 rings (SSSR count). The number of nitrogens with one attached hydrogen (secondary N) is 1. The number of carbonyl (C=O) groups is 1. The van der Waals surface area contributed by atoms with Gasteiger partial charge in [-0.25, -0.2) is 15.0 Å². The highest BCUT2D eigenvalue weighted by Crippen LogP contribution is 2.09. The highest BCUT2D eigenvalue weighted by Gasteiger charge is 2.10. The first-order chi connectivity index (χ1) is 9.74. The minimum atomic E-state index is -0.294. The van der Waals surface area contributed by atoms with Crippen molar-refractivity contribution < 1.29 is 4.79 Å². The third kappa shape index (κ3) is 2.35. The largest absolute Gasteiger partial charge is 0.344 e. The summed E-state index contributed by atoms with van der Waals surface area (Å²) in [4.78, 5) is 24.4. The number of nitrogens with zero attached hydrogens (tertiary/aromatic N) is 4. The summed E-state index contributed by atoms with van der Waals surface area (Å²) in [6.07, 6.45) is 5.05. The van der Waals surface area contributed by atoms with Crippen LogP contribution in [0.2, 0.25) is 0 Å². The van der Waals surface area contributed by atoms with Gasteiger partial charge in [0.25, 0.3) is 5.91 Å². The Morgan fingerprint density at radius 1 is 1.30 bits per heavy atom. The third-order valence-corrected chi connectivity index (χ3v) is 3.04. The molecule has 0 fully saturated rings. The van der Waals surface area contributed by atoms with Crippen LogP contribution in [0.5, 0.6) is 0 Å². The Labute approximate surface area is 115 Å². The molecular weight excluding hydrogens is 254 g/mol. The van der Waals surface area contributed by atoms with E-state index >= 15 is 0 Å². The molecular formula is C14H13N5O. The molecule has 0 bridgehead atoms. The highest BCUT2D eigenvalue weighted by molar-refractivity contribution is 5.92. The van der Waals surface area contributed by atoms with Gasteiger partial charge in [0.1, 0.15) is 0 Å². The summed E-state index contributed by atoms with van der Waals surface area (Å²) in [7, 11) is 1.88. The van der Waals surface area contributed by atoms with Gasteiger partial charge in [0.15, 0.2) is 0 Å². The zero-order chi connectivity index (χ0) is 13.9. The molecule has 0 aliphatic rings. The van der Waals surface area contributed by atoms with Crippen LogP contribution in [0, 0.1) is 0 Å². The number of rotatable bonds is 3. The van der Waals surface area contributed by atoms with Gasteiger partial charge in [0.05, 0.1) is 24.1 Å². The summed E-state index contributed by atoms with van der Waals surface area (Å²) in [5.41, 5.74) is 1.67. The molecule has 0 spiro atoms. The van der Waals surface area contributed by atoms with Crippen molar-refractivity contribution in [2.45, 2.75) is 6.54 Å². The van der Waals surface area contributed by atoms with Gasteiger partial charge >= 0.3 is 0 Å². The lowest BCUT2D eigenvalue weighted by atomic mass is 10.2. The predicted molar refractivity (Wildman–Crippen MR) is 73.9 cm³/mol. The number of imidazole rings is 1. The number of carbonyl (C=O) groups excluding carboxylic acids is 1. The molecule has 0 aliphatic heterocycles. The van der Waals surface area contributed by atoms with Gasteiger partial charge in [-0.3, -0.25) is 4.79 Å². The minimum Gasteiger partial charge on any atom is -0.344 e. The van der Waals surface area contributed by atoms with Gasteiger partial charge in [-0.1, -0.05) is 18.2 Å². The van der Waals surface area contributed by atoms with Gasteiger partial charge in [-0.15, -0.1) is 0 Å². The average molecular weight is 267 g/mol. The van der Waals surface area contributed by atoms with Crippen molar-refractivity contribution in [3.63, 3.8) is 0 Å². The second kappa shape index (κ2) is 5.08. The zero-order valence-electron chi connectivity index (χ0n) is 10.9. The maximum absolute atomic E-state index is 12.0. The maximum Gasteiger partial charge on any atom is 0.289 e. The van der Waals surface area contributed by atoms with Gasteiger partial charge in [0, 0.05) is 24.8 Å². The molecule has 20 heavy (non-hydrogen) atoms. The summed E-state index contributed by atoms with van der Waals surface area (Å²) < 4.78 is 1.85. The Morgan fingerprint density at radius 3 is 2.95 bits per heavy atom. The molecule has 0 saturated heterocycles. The van der Waals surface area contributed by atoms with Crippen LogP contribution in [0.4, 0.5) is 0 Å². The van der Waals surface area contributed by atoms with E-state index < -0.39 is 0 Å². The van der Waals surface area contributed by atoms with E-state index in [2.05, 4.69) is 20.3 Å². The quantitative estimate of drug-likeness (QED) is 0.776. The average Bonchev–Trinajstić information content (AvgIpc) is 2.89. The Bertz CT molecular complexity index is 765. The number of aromatic nitrogens is 4. The maximum atomic E-state index is 12.0. The fourth-order valence-electron chi connectivity index (χ4n) is 1.89. The number of amides is 1. The number of para-hydroxylation sites is 1. The molecule has 3 aromatic rings.